The van der Waals surface area contributed by atoms with Gasteiger partial charge in [0.05, 0.1) is 18.2 Å². The van der Waals surface area contributed by atoms with Crippen LogP contribution < -0.4 is 9.47 Å². The zero-order chi connectivity index (χ0) is 25.4. The summed E-state index contributed by atoms with van der Waals surface area (Å²) in [4.78, 5) is 29.1. The number of rotatable bonds is 5. The molecule has 3 heterocycles. The quantitative estimate of drug-likeness (QED) is 0.567. The van der Waals surface area contributed by atoms with E-state index >= 15 is 0 Å². The van der Waals surface area contributed by atoms with Crippen LogP contribution in [0.15, 0.2) is 36.4 Å². The van der Waals surface area contributed by atoms with E-state index in [1.54, 1.807) is 21.9 Å². The summed E-state index contributed by atoms with van der Waals surface area (Å²) >= 11 is 0. The number of carbonyl (C=O) groups excluding carboxylic acids is 2. The molecule has 2 fully saturated rings. The van der Waals surface area contributed by atoms with Gasteiger partial charge in [0.1, 0.15) is 12.4 Å². The molecule has 3 aromatic rings. The Morgan fingerprint density at radius 3 is 2.33 bits per heavy atom. The number of nitrogens with one attached hydrogen (secondary N) is 1. The Kier molecular flexibility index (Phi) is 6.06. The zero-order valence-electron chi connectivity index (χ0n) is 19.1. The van der Waals surface area contributed by atoms with Crippen LogP contribution in [0.1, 0.15) is 15.9 Å². The Morgan fingerprint density at radius 2 is 1.69 bits per heavy atom. The molecule has 1 aromatic heterocycles. The van der Waals surface area contributed by atoms with Gasteiger partial charge in [0.2, 0.25) is 0 Å². The molecule has 5 rings (SSSR count). The van der Waals surface area contributed by atoms with Gasteiger partial charge in [-0.25, -0.2) is 4.79 Å². The molecule has 0 bridgehead atoms. The molecular formula is C23H22F3N5O5. The van der Waals surface area contributed by atoms with Gasteiger partial charge in [0.25, 0.3) is 5.91 Å². The number of nitrogens with zero attached hydrogens (tertiary/aromatic N) is 4. The normalized spacial score (nSPS) is 19.4. The minimum absolute atomic E-state index is 0.0775. The minimum Gasteiger partial charge on any atom is -0.493 e. The monoisotopic (exact) mass is 505 g/mol. The SMILES string of the molecule is COc1c(C(=O)N2CC3CN(C(=O)OCc4ccc(OC(F)(F)F)cc4)CC3C2)ccc2[nH]nnc12. The van der Waals surface area contributed by atoms with E-state index in [-0.39, 0.29) is 30.1 Å². The molecule has 2 unspecified atom stereocenters. The van der Waals surface area contributed by atoms with E-state index in [1.165, 1.54) is 19.2 Å². The Morgan fingerprint density at radius 1 is 1.03 bits per heavy atom. The van der Waals surface area contributed by atoms with Crippen molar-refractivity contribution in [2.75, 3.05) is 33.3 Å². The molecular weight excluding hydrogens is 483 g/mol. The van der Waals surface area contributed by atoms with Crippen molar-refractivity contribution >= 4 is 23.0 Å². The molecule has 2 aromatic carbocycles. The number of H-pyrrole nitrogens is 1. The van der Waals surface area contributed by atoms with E-state index in [9.17, 15) is 22.8 Å². The second-order valence-electron chi connectivity index (χ2n) is 8.74. The van der Waals surface area contributed by atoms with Gasteiger partial charge in [-0.3, -0.25) is 9.89 Å². The lowest BCUT2D eigenvalue weighted by Gasteiger charge is -2.22. The molecule has 13 heteroatoms. The first-order chi connectivity index (χ1) is 17.2. The average molecular weight is 505 g/mol. The van der Waals surface area contributed by atoms with Crippen LogP contribution in [0.25, 0.3) is 11.0 Å². The molecule has 0 radical (unpaired) electrons. The van der Waals surface area contributed by atoms with Crippen LogP contribution in [-0.2, 0) is 11.3 Å². The fraction of sp³-hybridized carbons (Fsp3) is 0.391. The largest absolute Gasteiger partial charge is 0.573 e. The highest BCUT2D eigenvalue weighted by Crippen LogP contribution is 2.35. The first-order valence-corrected chi connectivity index (χ1v) is 11.1. The number of likely N-dealkylation sites (tertiary alicyclic amines) is 2. The molecule has 2 amide bonds. The van der Waals surface area contributed by atoms with Crippen molar-refractivity contribution in [3.8, 4) is 11.5 Å². The predicted octanol–water partition coefficient (Wildman–Crippen LogP) is 3.21. The van der Waals surface area contributed by atoms with E-state index in [0.717, 1.165) is 12.1 Å². The fourth-order valence-corrected chi connectivity index (χ4v) is 4.77. The van der Waals surface area contributed by atoms with Gasteiger partial charge in [-0.05, 0) is 29.8 Å². The lowest BCUT2D eigenvalue weighted by molar-refractivity contribution is -0.274. The number of carbonyl (C=O) groups is 2. The number of ether oxygens (including phenoxy) is 3. The third-order valence-electron chi connectivity index (χ3n) is 6.44. The first-order valence-electron chi connectivity index (χ1n) is 11.1. The minimum atomic E-state index is -4.77. The summed E-state index contributed by atoms with van der Waals surface area (Å²) in [5, 5.41) is 10.5. The standard InChI is InChI=1S/C23H22F3N5O5/c1-34-20-17(6-7-18-19(20)28-29-27-18)21(32)30-8-14-10-31(11-15(14)9-30)22(33)35-12-13-2-4-16(5-3-13)36-23(24,25)26/h2-7,14-15H,8-12H2,1H3,(H,27,28,29). The number of amides is 2. The van der Waals surface area contributed by atoms with Crippen molar-refractivity contribution in [3.05, 3.63) is 47.5 Å². The summed E-state index contributed by atoms with van der Waals surface area (Å²) in [6, 6.07) is 8.55. The van der Waals surface area contributed by atoms with E-state index in [4.69, 9.17) is 9.47 Å². The smallest absolute Gasteiger partial charge is 0.493 e. The van der Waals surface area contributed by atoms with Crippen LogP contribution in [0, 0.1) is 11.8 Å². The Labute approximate surface area is 202 Å². The molecule has 10 nitrogen and oxygen atoms in total. The number of alkyl halides is 3. The Bertz CT molecular complexity index is 1270. The third-order valence-corrected chi connectivity index (χ3v) is 6.44. The van der Waals surface area contributed by atoms with Gasteiger partial charge in [-0.2, -0.15) is 0 Å². The lowest BCUT2D eigenvalue weighted by atomic mass is 10.0. The lowest BCUT2D eigenvalue weighted by Crippen LogP contribution is -2.36. The molecule has 2 atom stereocenters. The molecule has 190 valence electrons. The molecule has 0 spiro atoms. The number of aromatic nitrogens is 3. The highest BCUT2D eigenvalue weighted by molar-refractivity contribution is 6.02. The van der Waals surface area contributed by atoms with Crippen molar-refractivity contribution in [2.24, 2.45) is 11.8 Å². The van der Waals surface area contributed by atoms with Gasteiger partial charge in [0.15, 0.2) is 11.3 Å². The summed E-state index contributed by atoms with van der Waals surface area (Å²) in [6.07, 6.45) is -5.27. The maximum atomic E-state index is 13.2. The fourth-order valence-electron chi connectivity index (χ4n) is 4.77. The summed E-state index contributed by atoms with van der Waals surface area (Å²) in [5.41, 5.74) is 2.09. The summed E-state index contributed by atoms with van der Waals surface area (Å²) in [6.45, 7) is 1.81. The third kappa shape index (κ3) is 4.72. The molecule has 2 saturated heterocycles. The van der Waals surface area contributed by atoms with Crippen molar-refractivity contribution in [1.29, 1.82) is 0 Å². The second-order valence-corrected chi connectivity index (χ2v) is 8.74. The van der Waals surface area contributed by atoms with Gasteiger partial charge >= 0.3 is 12.5 Å². The van der Waals surface area contributed by atoms with Crippen molar-refractivity contribution in [2.45, 2.75) is 13.0 Å². The van der Waals surface area contributed by atoms with Crippen molar-refractivity contribution in [3.63, 3.8) is 0 Å². The molecule has 2 aliphatic heterocycles. The van der Waals surface area contributed by atoms with Crippen LogP contribution >= 0.6 is 0 Å². The van der Waals surface area contributed by atoms with Crippen LogP contribution in [0.5, 0.6) is 11.5 Å². The highest BCUT2D eigenvalue weighted by atomic mass is 19.4. The number of aromatic amines is 1. The summed E-state index contributed by atoms with van der Waals surface area (Å²) < 4.78 is 51.4. The van der Waals surface area contributed by atoms with Gasteiger partial charge in [-0.1, -0.05) is 17.3 Å². The van der Waals surface area contributed by atoms with Gasteiger partial charge in [0, 0.05) is 38.0 Å². The number of hydrogen-bond acceptors (Lipinski definition) is 7. The van der Waals surface area contributed by atoms with E-state index in [2.05, 4.69) is 20.1 Å². The molecule has 2 aliphatic rings. The van der Waals surface area contributed by atoms with Crippen LogP contribution in [0.4, 0.5) is 18.0 Å². The second kappa shape index (κ2) is 9.21. The van der Waals surface area contributed by atoms with Crippen LogP contribution in [0.2, 0.25) is 0 Å². The number of hydrogen-bond donors (Lipinski definition) is 1. The van der Waals surface area contributed by atoms with Gasteiger partial charge < -0.3 is 24.0 Å². The predicted molar refractivity (Wildman–Crippen MR) is 118 cm³/mol. The number of halogens is 3. The topological polar surface area (TPSA) is 110 Å². The summed E-state index contributed by atoms with van der Waals surface area (Å²) in [7, 11) is 1.48. The van der Waals surface area contributed by atoms with Crippen LogP contribution in [0.3, 0.4) is 0 Å². The van der Waals surface area contributed by atoms with Gasteiger partial charge in [-0.15, -0.1) is 18.3 Å². The summed E-state index contributed by atoms with van der Waals surface area (Å²) in [5.74, 6) is 0.0801. The van der Waals surface area contributed by atoms with E-state index in [1.807, 2.05) is 0 Å². The molecule has 1 N–H and O–H groups in total. The highest BCUT2D eigenvalue weighted by Gasteiger charge is 2.44. The maximum Gasteiger partial charge on any atom is 0.573 e. The number of fused-ring (bicyclic) bond motifs is 2. The van der Waals surface area contributed by atoms with E-state index < -0.39 is 12.5 Å². The van der Waals surface area contributed by atoms with Crippen molar-refractivity contribution < 1.29 is 37.0 Å². The maximum absolute atomic E-state index is 13.2. The molecule has 36 heavy (non-hydrogen) atoms. The Balaban J connectivity index is 1.14. The first kappa shape index (κ1) is 23.7. The molecule has 0 saturated carbocycles. The molecule has 0 aliphatic carbocycles. The number of benzene rings is 2. The van der Waals surface area contributed by atoms with E-state index in [0.29, 0.717) is 54.1 Å². The average Bonchev–Trinajstić information content (AvgIpc) is 3.56. The zero-order valence-corrected chi connectivity index (χ0v) is 19.1. The number of methoxy groups -OCH3 is 1. The van der Waals surface area contributed by atoms with Crippen LogP contribution in [-0.4, -0.2) is 76.9 Å². The Hall–Kier alpha value is -4.03. The van der Waals surface area contributed by atoms with Crippen molar-refractivity contribution in [1.82, 2.24) is 25.2 Å².